The maximum atomic E-state index is 13.7. The smallest absolute Gasteiger partial charge is 0.192 e. The molecule has 0 bridgehead atoms. The maximum absolute atomic E-state index is 13.7. The van der Waals surface area contributed by atoms with Gasteiger partial charge < -0.3 is 10.6 Å². The lowest BCUT2D eigenvalue weighted by Gasteiger charge is -2.19. The predicted octanol–water partition coefficient (Wildman–Crippen LogP) is 5.06. The molecule has 2 atom stereocenters. The van der Waals surface area contributed by atoms with E-state index >= 15 is 0 Å². The van der Waals surface area contributed by atoms with Crippen LogP contribution in [0.15, 0.2) is 77.8 Å². The first-order valence-electron chi connectivity index (χ1n) is 8.92. The Kier molecular flexibility index (Phi) is 6.44. The molecule has 1 aliphatic rings. The molecule has 1 aliphatic heterocycles. The zero-order valence-electron chi connectivity index (χ0n) is 15.3. The average molecular weight is 418 g/mol. The van der Waals surface area contributed by atoms with Crippen molar-refractivity contribution < 1.29 is 13.2 Å². The molecule has 0 aliphatic carbocycles. The zero-order chi connectivity index (χ0) is 19.5. The Morgan fingerprint density at radius 2 is 1.38 bits per heavy atom. The van der Waals surface area contributed by atoms with Crippen LogP contribution in [0.1, 0.15) is 28.8 Å². The van der Waals surface area contributed by atoms with Crippen molar-refractivity contribution in [3.63, 3.8) is 0 Å². The van der Waals surface area contributed by atoms with Crippen LogP contribution in [-0.4, -0.2) is 5.96 Å². The SMILES string of the molecule is Cl.Fc1cccc(CNC2=N[C@@H](c3cccc(F)c3)[C@@H](c3cccc(F)c3)N2)c1. The van der Waals surface area contributed by atoms with Crippen LogP contribution in [0.2, 0.25) is 0 Å². The Balaban J connectivity index is 0.00000240. The summed E-state index contributed by atoms with van der Waals surface area (Å²) in [4.78, 5) is 4.64. The molecule has 3 nitrogen and oxygen atoms in total. The minimum absolute atomic E-state index is 0. The minimum atomic E-state index is -0.424. The van der Waals surface area contributed by atoms with Crippen molar-refractivity contribution in [2.24, 2.45) is 4.99 Å². The highest BCUT2D eigenvalue weighted by Gasteiger charge is 2.31. The highest BCUT2D eigenvalue weighted by Crippen LogP contribution is 2.36. The molecule has 0 aromatic heterocycles. The van der Waals surface area contributed by atoms with Crippen LogP contribution in [0, 0.1) is 17.5 Å². The molecule has 0 unspecified atom stereocenters. The van der Waals surface area contributed by atoms with E-state index in [9.17, 15) is 13.2 Å². The third-order valence-electron chi connectivity index (χ3n) is 4.62. The summed E-state index contributed by atoms with van der Waals surface area (Å²) in [6, 6.07) is 18.0. The van der Waals surface area contributed by atoms with Crippen LogP contribution in [-0.2, 0) is 6.54 Å². The fourth-order valence-electron chi connectivity index (χ4n) is 3.33. The predicted molar refractivity (Wildman–Crippen MR) is 109 cm³/mol. The monoisotopic (exact) mass is 417 g/mol. The van der Waals surface area contributed by atoms with Gasteiger partial charge in [-0.15, -0.1) is 12.4 Å². The van der Waals surface area contributed by atoms with Crippen molar-refractivity contribution >= 4 is 18.4 Å². The summed E-state index contributed by atoms with van der Waals surface area (Å²) in [5.41, 5.74) is 2.16. The summed E-state index contributed by atoms with van der Waals surface area (Å²) >= 11 is 0. The van der Waals surface area contributed by atoms with E-state index in [1.165, 1.54) is 36.4 Å². The fourth-order valence-corrected chi connectivity index (χ4v) is 3.33. The molecule has 0 saturated carbocycles. The van der Waals surface area contributed by atoms with Crippen molar-refractivity contribution in [3.05, 3.63) is 107 Å². The van der Waals surface area contributed by atoms with Crippen molar-refractivity contribution in [1.82, 2.24) is 10.6 Å². The van der Waals surface area contributed by atoms with Gasteiger partial charge in [-0.2, -0.15) is 0 Å². The average Bonchev–Trinajstić information content (AvgIpc) is 3.11. The highest BCUT2D eigenvalue weighted by atomic mass is 35.5. The molecule has 150 valence electrons. The quantitative estimate of drug-likeness (QED) is 0.622. The van der Waals surface area contributed by atoms with Crippen LogP contribution in [0.4, 0.5) is 13.2 Å². The number of rotatable bonds is 4. The molecule has 3 aromatic rings. The number of hydrogen-bond donors (Lipinski definition) is 2. The molecule has 0 radical (unpaired) electrons. The molecule has 0 spiro atoms. The van der Waals surface area contributed by atoms with Gasteiger partial charge in [-0.1, -0.05) is 36.4 Å². The number of nitrogens with zero attached hydrogens (tertiary/aromatic N) is 1. The van der Waals surface area contributed by atoms with Crippen molar-refractivity contribution in [2.75, 3.05) is 0 Å². The van der Waals surface area contributed by atoms with E-state index in [-0.39, 0.29) is 35.9 Å². The second-order valence-electron chi connectivity index (χ2n) is 6.64. The number of aliphatic imine (C=N–C) groups is 1. The molecule has 29 heavy (non-hydrogen) atoms. The first-order valence-corrected chi connectivity index (χ1v) is 8.92. The molecule has 7 heteroatoms. The molecule has 0 saturated heterocycles. The molecule has 2 N–H and O–H groups in total. The largest absolute Gasteiger partial charge is 0.352 e. The summed E-state index contributed by atoms with van der Waals surface area (Å²) < 4.78 is 40.8. The van der Waals surface area contributed by atoms with Gasteiger partial charge in [-0.25, -0.2) is 18.2 Å². The van der Waals surface area contributed by atoms with Gasteiger partial charge in [-0.05, 0) is 53.1 Å². The van der Waals surface area contributed by atoms with Crippen LogP contribution in [0.25, 0.3) is 0 Å². The molecule has 0 fully saturated rings. The first-order chi connectivity index (χ1) is 13.6. The van der Waals surface area contributed by atoms with E-state index in [4.69, 9.17) is 0 Å². The first kappa shape index (κ1) is 20.7. The minimum Gasteiger partial charge on any atom is -0.352 e. The summed E-state index contributed by atoms with van der Waals surface area (Å²) in [7, 11) is 0. The maximum Gasteiger partial charge on any atom is 0.192 e. The van der Waals surface area contributed by atoms with Crippen LogP contribution in [0.5, 0.6) is 0 Å². The standard InChI is InChI=1S/C22H18F3N3.ClH/c23-17-7-1-4-14(10-17)13-26-22-27-20(15-5-2-8-18(24)11-15)21(28-22)16-6-3-9-19(25)12-16;/h1-12,20-21H,13H2,(H2,26,27,28);1H/t20-,21+;. The molecule has 1 heterocycles. The van der Waals surface area contributed by atoms with Crippen molar-refractivity contribution in [3.8, 4) is 0 Å². The summed E-state index contributed by atoms with van der Waals surface area (Å²) in [6.07, 6.45) is 0. The molecular formula is C22H19ClF3N3. The zero-order valence-corrected chi connectivity index (χ0v) is 16.1. The van der Waals surface area contributed by atoms with E-state index in [1.807, 2.05) is 0 Å². The molecular weight excluding hydrogens is 399 g/mol. The Morgan fingerprint density at radius 3 is 2.03 bits per heavy atom. The molecule has 4 rings (SSSR count). The number of nitrogens with one attached hydrogen (secondary N) is 2. The topological polar surface area (TPSA) is 36.4 Å². The van der Waals surface area contributed by atoms with E-state index in [0.29, 0.717) is 23.6 Å². The Labute approximate surface area is 173 Å². The van der Waals surface area contributed by atoms with Crippen LogP contribution >= 0.6 is 12.4 Å². The Morgan fingerprint density at radius 1 is 0.793 bits per heavy atom. The lowest BCUT2D eigenvalue weighted by molar-refractivity contribution is 0.554. The lowest BCUT2D eigenvalue weighted by atomic mass is 9.95. The van der Waals surface area contributed by atoms with Crippen LogP contribution in [0.3, 0.4) is 0 Å². The van der Waals surface area contributed by atoms with Gasteiger partial charge in [0, 0.05) is 6.54 Å². The summed E-state index contributed by atoms with van der Waals surface area (Å²) in [6.45, 7) is 0.370. The van der Waals surface area contributed by atoms with E-state index in [0.717, 1.165) is 5.56 Å². The Hall–Kier alpha value is -2.99. The van der Waals surface area contributed by atoms with Gasteiger partial charge in [0.1, 0.15) is 23.5 Å². The number of guanidine groups is 1. The molecule has 0 amide bonds. The summed E-state index contributed by atoms with van der Waals surface area (Å²) in [5, 5.41) is 6.38. The second kappa shape index (κ2) is 9.01. The number of halogens is 4. The van der Waals surface area contributed by atoms with Gasteiger partial charge in [0.2, 0.25) is 0 Å². The van der Waals surface area contributed by atoms with E-state index in [2.05, 4.69) is 15.6 Å². The van der Waals surface area contributed by atoms with Gasteiger partial charge in [0.05, 0.1) is 6.04 Å². The number of hydrogen-bond acceptors (Lipinski definition) is 3. The fraction of sp³-hybridized carbons (Fsp3) is 0.136. The third kappa shape index (κ3) is 4.90. The van der Waals surface area contributed by atoms with E-state index < -0.39 is 6.04 Å². The third-order valence-corrected chi connectivity index (χ3v) is 4.62. The normalized spacial score (nSPS) is 17.8. The summed E-state index contributed by atoms with van der Waals surface area (Å²) in [5.74, 6) is -0.519. The van der Waals surface area contributed by atoms with Gasteiger partial charge in [0.25, 0.3) is 0 Å². The second-order valence-corrected chi connectivity index (χ2v) is 6.64. The van der Waals surface area contributed by atoms with Gasteiger partial charge >= 0.3 is 0 Å². The van der Waals surface area contributed by atoms with Crippen molar-refractivity contribution in [2.45, 2.75) is 18.6 Å². The Bertz CT molecular complexity index is 1030. The van der Waals surface area contributed by atoms with Gasteiger partial charge in [0.15, 0.2) is 5.96 Å². The lowest BCUT2D eigenvalue weighted by Crippen LogP contribution is -2.35. The van der Waals surface area contributed by atoms with Crippen molar-refractivity contribution in [1.29, 1.82) is 0 Å². The van der Waals surface area contributed by atoms with E-state index in [1.54, 1.807) is 36.4 Å². The highest BCUT2D eigenvalue weighted by molar-refractivity contribution is 5.85. The van der Waals surface area contributed by atoms with Gasteiger partial charge in [-0.3, -0.25) is 0 Å². The number of benzene rings is 3. The molecule has 3 aromatic carbocycles. The van der Waals surface area contributed by atoms with Crippen LogP contribution < -0.4 is 10.6 Å².